The zero-order valence-electron chi connectivity index (χ0n) is 11.6. The number of amides is 1. The highest BCUT2D eigenvalue weighted by Gasteiger charge is 2.34. The number of thioether (sulfide) groups is 1. The Morgan fingerprint density at radius 3 is 2.90 bits per heavy atom. The van der Waals surface area contributed by atoms with E-state index >= 15 is 0 Å². The molecule has 1 aromatic rings. The van der Waals surface area contributed by atoms with E-state index in [1.54, 1.807) is 11.8 Å². The molecular weight excluding hydrogens is 274 g/mol. The maximum Gasteiger partial charge on any atom is 0.238 e. The number of nitrogens with one attached hydrogen (secondary N) is 1. The van der Waals surface area contributed by atoms with Crippen molar-refractivity contribution >= 4 is 17.7 Å². The number of piperazine rings is 2. The molecule has 1 unspecified atom stereocenters. The number of hydrogen-bond acceptors (Lipinski definition) is 6. The molecule has 6 nitrogen and oxygen atoms in total. The van der Waals surface area contributed by atoms with Gasteiger partial charge in [-0.25, -0.2) is 9.97 Å². The van der Waals surface area contributed by atoms with Crippen LogP contribution in [0.5, 0.6) is 0 Å². The molecule has 3 heterocycles. The van der Waals surface area contributed by atoms with Gasteiger partial charge in [-0.2, -0.15) is 0 Å². The molecule has 2 aliphatic rings. The third kappa shape index (κ3) is 2.94. The average Bonchev–Trinajstić information content (AvgIpc) is 2.49. The molecule has 108 valence electrons. The van der Waals surface area contributed by atoms with E-state index in [1.807, 2.05) is 18.6 Å². The number of carbonyl (C=O) groups excluding carboxylic acids is 1. The van der Waals surface area contributed by atoms with Crippen LogP contribution < -0.4 is 5.32 Å². The normalized spacial score (nSPS) is 24.2. The van der Waals surface area contributed by atoms with Gasteiger partial charge in [0.05, 0.1) is 0 Å². The molecular formula is C13H19N5OS. The fraction of sp³-hybridized carbons (Fsp3) is 0.615. The van der Waals surface area contributed by atoms with Crippen LogP contribution in [-0.4, -0.2) is 70.7 Å². The average molecular weight is 293 g/mol. The fourth-order valence-corrected chi connectivity index (χ4v) is 3.08. The van der Waals surface area contributed by atoms with Gasteiger partial charge in [0.2, 0.25) is 5.91 Å². The molecule has 7 heteroatoms. The first-order valence-electron chi connectivity index (χ1n) is 6.85. The number of fused-ring (bicyclic) bond motifs is 1. The van der Waals surface area contributed by atoms with E-state index in [9.17, 15) is 4.79 Å². The molecule has 2 saturated heterocycles. The van der Waals surface area contributed by atoms with E-state index < -0.39 is 0 Å². The maximum absolute atomic E-state index is 11.9. The van der Waals surface area contributed by atoms with Gasteiger partial charge in [-0.1, -0.05) is 11.8 Å². The lowest BCUT2D eigenvalue weighted by molar-refractivity contribution is -0.131. The van der Waals surface area contributed by atoms with Gasteiger partial charge in [0.15, 0.2) is 5.16 Å². The first-order chi connectivity index (χ1) is 9.76. The van der Waals surface area contributed by atoms with Gasteiger partial charge in [0.25, 0.3) is 0 Å². The molecule has 1 amide bonds. The van der Waals surface area contributed by atoms with E-state index in [4.69, 9.17) is 0 Å². The van der Waals surface area contributed by atoms with Crippen LogP contribution in [0.2, 0.25) is 0 Å². The third-order valence-electron chi connectivity index (χ3n) is 3.85. The minimum absolute atomic E-state index is 0.00360. The molecule has 2 fully saturated rings. The van der Waals surface area contributed by atoms with Crippen molar-refractivity contribution in [3.8, 4) is 0 Å². The van der Waals surface area contributed by atoms with Gasteiger partial charge < -0.3 is 5.32 Å². The van der Waals surface area contributed by atoms with Gasteiger partial charge in [-0.3, -0.25) is 14.6 Å². The van der Waals surface area contributed by atoms with Crippen molar-refractivity contribution in [1.82, 2.24) is 25.1 Å². The van der Waals surface area contributed by atoms with Gasteiger partial charge in [-0.05, 0) is 6.26 Å². The molecule has 0 spiro atoms. The zero-order chi connectivity index (χ0) is 13.9. The second kappa shape index (κ2) is 6.07. The van der Waals surface area contributed by atoms with Crippen molar-refractivity contribution in [2.24, 2.45) is 0 Å². The van der Waals surface area contributed by atoms with Crippen LogP contribution >= 0.6 is 11.8 Å². The first kappa shape index (κ1) is 13.8. The lowest BCUT2D eigenvalue weighted by Gasteiger charge is -2.43. The second-order valence-corrected chi connectivity index (χ2v) is 5.93. The van der Waals surface area contributed by atoms with E-state index in [0.29, 0.717) is 0 Å². The van der Waals surface area contributed by atoms with E-state index in [0.717, 1.165) is 50.0 Å². The minimum atomic E-state index is 0.00360. The molecule has 1 atom stereocenters. The van der Waals surface area contributed by atoms with E-state index in [1.165, 1.54) is 0 Å². The fourth-order valence-electron chi connectivity index (χ4n) is 2.77. The summed E-state index contributed by atoms with van der Waals surface area (Å²) in [7, 11) is 0. The topological polar surface area (TPSA) is 61.4 Å². The minimum Gasteiger partial charge on any atom is -0.353 e. The Balaban J connectivity index is 1.62. The van der Waals surface area contributed by atoms with Crippen molar-refractivity contribution in [2.75, 3.05) is 39.0 Å². The molecule has 2 aliphatic heterocycles. The van der Waals surface area contributed by atoms with Crippen molar-refractivity contribution < 1.29 is 4.79 Å². The van der Waals surface area contributed by atoms with Crippen LogP contribution in [0, 0.1) is 0 Å². The monoisotopic (exact) mass is 293 g/mol. The maximum atomic E-state index is 11.9. The van der Waals surface area contributed by atoms with Gasteiger partial charge in [0, 0.05) is 57.2 Å². The van der Waals surface area contributed by atoms with Crippen LogP contribution in [-0.2, 0) is 11.3 Å². The van der Waals surface area contributed by atoms with Crippen LogP contribution in [0.25, 0.3) is 0 Å². The van der Waals surface area contributed by atoms with Crippen LogP contribution in [0.15, 0.2) is 17.6 Å². The van der Waals surface area contributed by atoms with Crippen molar-refractivity contribution in [2.45, 2.75) is 17.7 Å². The number of carbonyl (C=O) groups is 1. The Morgan fingerprint density at radius 1 is 1.35 bits per heavy atom. The molecule has 0 aromatic carbocycles. The second-order valence-electron chi connectivity index (χ2n) is 5.16. The van der Waals surface area contributed by atoms with Gasteiger partial charge >= 0.3 is 0 Å². The summed E-state index contributed by atoms with van der Waals surface area (Å²) in [5.74, 6) is 0.162. The van der Waals surface area contributed by atoms with Crippen molar-refractivity contribution in [3.05, 3.63) is 18.0 Å². The number of nitrogens with zero attached hydrogens (tertiary/aromatic N) is 4. The predicted molar refractivity (Wildman–Crippen MR) is 77.5 cm³/mol. The largest absolute Gasteiger partial charge is 0.353 e. The summed E-state index contributed by atoms with van der Waals surface area (Å²) in [6.45, 7) is 5.30. The molecule has 0 radical (unpaired) electrons. The molecule has 20 heavy (non-hydrogen) atoms. The molecule has 0 aliphatic carbocycles. The smallest absolute Gasteiger partial charge is 0.238 e. The van der Waals surface area contributed by atoms with Crippen molar-refractivity contribution in [1.29, 1.82) is 0 Å². The summed E-state index contributed by atoms with van der Waals surface area (Å²) in [6, 6.07) is 0.00360. The SMILES string of the molecule is CSc1ncc(CN2CCN3CCNC(=O)C3C2)cn1. The summed E-state index contributed by atoms with van der Waals surface area (Å²) in [5, 5.41) is 3.74. The van der Waals surface area contributed by atoms with Gasteiger partial charge in [0.1, 0.15) is 6.04 Å². The Morgan fingerprint density at radius 2 is 2.15 bits per heavy atom. The summed E-state index contributed by atoms with van der Waals surface area (Å²) in [6.07, 6.45) is 5.73. The van der Waals surface area contributed by atoms with E-state index in [-0.39, 0.29) is 11.9 Å². The zero-order valence-corrected chi connectivity index (χ0v) is 12.4. The van der Waals surface area contributed by atoms with E-state index in [2.05, 4.69) is 25.1 Å². The van der Waals surface area contributed by atoms with Gasteiger partial charge in [-0.15, -0.1) is 0 Å². The van der Waals surface area contributed by atoms with Crippen LogP contribution in [0.4, 0.5) is 0 Å². The molecule has 1 aromatic heterocycles. The number of hydrogen-bond donors (Lipinski definition) is 1. The lowest BCUT2D eigenvalue weighted by atomic mass is 10.1. The first-order valence-corrected chi connectivity index (χ1v) is 8.08. The standard InChI is InChI=1S/C13H19N5OS/c1-20-13-15-6-10(7-16-13)8-17-4-5-18-3-2-14-12(19)11(18)9-17/h6-7,11H,2-5,8-9H2,1H3,(H,14,19). The Hall–Kier alpha value is -1.18. The molecule has 3 rings (SSSR count). The molecule has 0 saturated carbocycles. The predicted octanol–water partition coefficient (Wildman–Crippen LogP) is -0.185. The number of rotatable bonds is 3. The van der Waals surface area contributed by atoms with Crippen molar-refractivity contribution in [3.63, 3.8) is 0 Å². The Labute approximate surface area is 122 Å². The summed E-state index contributed by atoms with van der Waals surface area (Å²) < 4.78 is 0. The summed E-state index contributed by atoms with van der Waals surface area (Å²) in [5.41, 5.74) is 1.10. The highest BCUT2D eigenvalue weighted by Crippen LogP contribution is 2.15. The quantitative estimate of drug-likeness (QED) is 0.616. The van der Waals surface area contributed by atoms with Crippen LogP contribution in [0.1, 0.15) is 5.56 Å². The van der Waals surface area contributed by atoms with Crippen LogP contribution in [0.3, 0.4) is 0 Å². The molecule has 1 N–H and O–H groups in total. The highest BCUT2D eigenvalue weighted by molar-refractivity contribution is 7.98. The Bertz CT molecular complexity index is 480. The summed E-state index contributed by atoms with van der Waals surface area (Å²) >= 11 is 1.54. The summed E-state index contributed by atoms with van der Waals surface area (Å²) in [4.78, 5) is 25.1. The highest BCUT2D eigenvalue weighted by atomic mass is 32.2. The molecule has 0 bridgehead atoms. The lowest BCUT2D eigenvalue weighted by Crippen LogP contribution is -2.63. The third-order valence-corrected chi connectivity index (χ3v) is 4.42. The number of aromatic nitrogens is 2. The Kier molecular flexibility index (Phi) is 4.18.